The minimum absolute atomic E-state index is 0.0544. The number of pyridine rings is 1. The summed E-state index contributed by atoms with van der Waals surface area (Å²) in [7, 11) is 0. The second-order valence-electron chi connectivity index (χ2n) is 8.06. The number of carbonyl (C=O) groups is 1. The Morgan fingerprint density at radius 1 is 1.03 bits per heavy atom. The second kappa shape index (κ2) is 9.68. The van der Waals surface area contributed by atoms with Crippen molar-refractivity contribution in [1.82, 2.24) is 4.98 Å². The zero-order valence-corrected chi connectivity index (χ0v) is 18.6. The Hall–Kier alpha value is -4.66. The maximum absolute atomic E-state index is 12.7. The number of nitrogens with zero attached hydrogens (tertiary/aromatic N) is 2. The number of fused-ring (bicyclic) bond motifs is 1. The smallest absolute Gasteiger partial charge is 0.291 e. The molecule has 1 aliphatic rings. The van der Waals surface area contributed by atoms with E-state index in [0.717, 1.165) is 25.0 Å². The molecule has 5 rings (SSSR count). The van der Waals surface area contributed by atoms with Gasteiger partial charge in [-0.2, -0.15) is 0 Å². The first kappa shape index (κ1) is 22.1. The fraction of sp³-hybridized carbons (Fsp3) is 0.154. The Balaban J connectivity index is 1.26. The number of aromatic nitrogens is 1. The van der Waals surface area contributed by atoms with Crippen LogP contribution in [0.1, 0.15) is 33.9 Å². The Kier molecular flexibility index (Phi) is 6.13. The molecule has 0 aliphatic heterocycles. The van der Waals surface area contributed by atoms with Gasteiger partial charge in [0.2, 0.25) is 0 Å². The molecule has 9 heteroatoms. The third kappa shape index (κ3) is 5.30. The first-order valence-electron chi connectivity index (χ1n) is 11.1. The number of benzene rings is 2. The van der Waals surface area contributed by atoms with Crippen molar-refractivity contribution in [1.29, 1.82) is 0 Å². The van der Waals surface area contributed by atoms with Gasteiger partial charge in [-0.05, 0) is 66.8 Å². The summed E-state index contributed by atoms with van der Waals surface area (Å²) in [5.74, 6) is 1.33. The summed E-state index contributed by atoms with van der Waals surface area (Å²) in [4.78, 5) is 27.5. The third-order valence-electron chi connectivity index (χ3n) is 5.57. The molecule has 0 radical (unpaired) electrons. The maximum atomic E-state index is 12.7. The highest BCUT2D eigenvalue weighted by Gasteiger charge is 2.17. The van der Waals surface area contributed by atoms with E-state index in [1.54, 1.807) is 24.4 Å². The molecule has 2 aromatic carbocycles. The van der Waals surface area contributed by atoms with Crippen LogP contribution < -0.4 is 14.8 Å². The van der Waals surface area contributed by atoms with Gasteiger partial charge < -0.3 is 19.2 Å². The molecule has 35 heavy (non-hydrogen) atoms. The molecule has 4 aromatic rings. The summed E-state index contributed by atoms with van der Waals surface area (Å²) in [5, 5.41) is 14.0. The van der Waals surface area contributed by atoms with Crippen LogP contribution in [0.5, 0.6) is 17.2 Å². The summed E-state index contributed by atoms with van der Waals surface area (Å²) < 4.78 is 17.1. The van der Waals surface area contributed by atoms with E-state index in [1.807, 2.05) is 12.1 Å². The van der Waals surface area contributed by atoms with Crippen molar-refractivity contribution in [2.75, 3.05) is 5.32 Å². The lowest BCUT2D eigenvalue weighted by molar-refractivity contribution is -0.384. The number of amides is 1. The van der Waals surface area contributed by atoms with Crippen molar-refractivity contribution in [3.8, 4) is 17.2 Å². The van der Waals surface area contributed by atoms with Crippen molar-refractivity contribution in [2.24, 2.45) is 0 Å². The Morgan fingerprint density at radius 3 is 2.74 bits per heavy atom. The van der Waals surface area contributed by atoms with E-state index in [4.69, 9.17) is 13.9 Å². The summed E-state index contributed by atoms with van der Waals surface area (Å²) >= 11 is 0. The van der Waals surface area contributed by atoms with E-state index >= 15 is 0 Å². The van der Waals surface area contributed by atoms with Gasteiger partial charge in [0.1, 0.15) is 29.6 Å². The number of nitrogens with one attached hydrogen (secondary N) is 1. The van der Waals surface area contributed by atoms with Crippen LogP contribution in [0.4, 0.5) is 11.4 Å². The highest BCUT2D eigenvalue weighted by Crippen LogP contribution is 2.30. The van der Waals surface area contributed by atoms with Gasteiger partial charge in [0.05, 0.1) is 22.9 Å². The fourth-order valence-electron chi connectivity index (χ4n) is 3.93. The van der Waals surface area contributed by atoms with Crippen molar-refractivity contribution >= 4 is 17.3 Å². The number of non-ortho nitro benzene ring substituents is 1. The number of anilines is 1. The van der Waals surface area contributed by atoms with E-state index in [2.05, 4.69) is 16.4 Å². The van der Waals surface area contributed by atoms with Gasteiger partial charge in [0.25, 0.3) is 11.6 Å². The average Bonchev–Trinajstić information content (AvgIpc) is 3.52. The van der Waals surface area contributed by atoms with Crippen LogP contribution in [0.2, 0.25) is 0 Å². The van der Waals surface area contributed by atoms with Gasteiger partial charge >= 0.3 is 0 Å². The first-order valence-corrected chi connectivity index (χ1v) is 11.1. The number of furan rings is 1. The normalized spacial score (nSPS) is 12.1. The number of rotatable bonds is 8. The summed E-state index contributed by atoms with van der Waals surface area (Å²) in [6.45, 7) is 0.173. The molecule has 1 amide bonds. The van der Waals surface area contributed by atoms with E-state index in [0.29, 0.717) is 11.5 Å². The third-order valence-corrected chi connectivity index (χ3v) is 5.57. The van der Waals surface area contributed by atoms with Crippen LogP contribution in [0, 0.1) is 10.1 Å². The molecule has 9 nitrogen and oxygen atoms in total. The molecular formula is C26H21N3O6. The number of nitro groups is 1. The van der Waals surface area contributed by atoms with Gasteiger partial charge in [0, 0.05) is 18.3 Å². The number of ether oxygens (including phenoxy) is 2. The highest BCUT2D eigenvalue weighted by molar-refractivity contribution is 6.02. The fourth-order valence-corrected chi connectivity index (χ4v) is 3.93. The lowest BCUT2D eigenvalue weighted by atomic mass is 10.1. The largest absolute Gasteiger partial charge is 0.486 e. The van der Waals surface area contributed by atoms with Crippen LogP contribution in [0.3, 0.4) is 0 Å². The number of carbonyl (C=O) groups excluding carboxylic acids is 1. The van der Waals surface area contributed by atoms with Crippen LogP contribution in [-0.4, -0.2) is 15.8 Å². The Bertz CT molecular complexity index is 1380. The molecule has 0 spiro atoms. The molecule has 0 unspecified atom stereocenters. The minimum Gasteiger partial charge on any atom is -0.486 e. The number of hydrogen-bond acceptors (Lipinski definition) is 7. The van der Waals surface area contributed by atoms with Gasteiger partial charge in [0.15, 0.2) is 5.76 Å². The van der Waals surface area contributed by atoms with Crippen molar-refractivity contribution in [3.05, 3.63) is 106 Å². The van der Waals surface area contributed by atoms with Gasteiger partial charge in [-0.1, -0.05) is 6.07 Å². The van der Waals surface area contributed by atoms with E-state index in [-0.39, 0.29) is 29.5 Å². The zero-order valence-electron chi connectivity index (χ0n) is 18.6. The molecule has 0 saturated heterocycles. The lowest BCUT2D eigenvalue weighted by Crippen LogP contribution is -2.11. The first-order chi connectivity index (χ1) is 17.0. The molecule has 176 valence electrons. The molecule has 1 aliphatic carbocycles. The van der Waals surface area contributed by atoms with Gasteiger partial charge in [-0.25, -0.2) is 0 Å². The molecule has 0 atom stereocenters. The molecule has 1 N–H and O–H groups in total. The summed E-state index contributed by atoms with van der Waals surface area (Å²) in [6, 6.07) is 16.6. The quantitative estimate of drug-likeness (QED) is 0.259. The van der Waals surface area contributed by atoms with Crippen molar-refractivity contribution < 1.29 is 23.6 Å². The molecule has 2 aromatic heterocycles. The summed E-state index contributed by atoms with van der Waals surface area (Å²) in [6.07, 6.45) is 6.39. The predicted molar refractivity (Wildman–Crippen MR) is 127 cm³/mol. The highest BCUT2D eigenvalue weighted by atomic mass is 16.6. The topological polar surface area (TPSA) is 117 Å². The number of aryl methyl sites for hydroxylation is 2. The monoisotopic (exact) mass is 471 g/mol. The molecular weight excluding hydrogens is 450 g/mol. The lowest BCUT2D eigenvalue weighted by Gasteiger charge is -2.09. The van der Waals surface area contributed by atoms with Gasteiger partial charge in [-0.15, -0.1) is 0 Å². The van der Waals surface area contributed by atoms with Crippen molar-refractivity contribution in [2.45, 2.75) is 25.9 Å². The molecule has 0 bridgehead atoms. The van der Waals surface area contributed by atoms with Crippen LogP contribution in [0.15, 0.2) is 77.5 Å². The number of hydrogen-bond donors (Lipinski definition) is 1. The van der Waals surface area contributed by atoms with Crippen LogP contribution in [0.25, 0.3) is 0 Å². The zero-order chi connectivity index (χ0) is 24.2. The van der Waals surface area contributed by atoms with Crippen LogP contribution >= 0.6 is 0 Å². The Morgan fingerprint density at radius 2 is 1.91 bits per heavy atom. The molecule has 0 fully saturated rings. The van der Waals surface area contributed by atoms with Crippen LogP contribution in [-0.2, 0) is 19.4 Å². The Labute approximate surface area is 200 Å². The van der Waals surface area contributed by atoms with E-state index in [9.17, 15) is 14.9 Å². The SMILES string of the molecule is O=C(Nc1cc(Oc2cccnc2)cc([N+](=O)[O-])c1)c1ccc(COc2ccc3c(c2)CCC3)o1. The maximum Gasteiger partial charge on any atom is 0.291 e. The van der Waals surface area contributed by atoms with Gasteiger partial charge in [-0.3, -0.25) is 19.9 Å². The minimum atomic E-state index is -0.562. The molecule has 2 heterocycles. The second-order valence-corrected chi connectivity index (χ2v) is 8.06. The number of nitro benzene ring substituents is 1. The van der Waals surface area contributed by atoms with E-state index < -0.39 is 10.8 Å². The van der Waals surface area contributed by atoms with Crippen molar-refractivity contribution in [3.63, 3.8) is 0 Å². The average molecular weight is 471 g/mol. The summed E-state index contributed by atoms with van der Waals surface area (Å²) in [5.41, 5.74) is 2.63. The standard InChI is InChI=1S/C26H21N3O6/c30-26(25-9-8-23(35-25)16-33-21-7-6-17-3-1-4-18(17)11-21)28-19-12-20(29(31)32)14-24(13-19)34-22-5-2-10-27-15-22/h2,5-15H,1,3-4,16H2,(H,28,30). The molecule has 0 saturated carbocycles. The van der Waals surface area contributed by atoms with E-state index in [1.165, 1.54) is 41.6 Å². The predicted octanol–water partition coefficient (Wildman–Crippen LogP) is 5.70.